The molecule has 0 atom stereocenters. The number of hydrazine groups is 1. The SMILES string of the molecule is O=C1CC(Cl)(Cl)C(=O)NN1. The third kappa shape index (κ3) is 1.33. The second-order valence-electron chi connectivity index (χ2n) is 1.88. The zero-order valence-corrected chi connectivity index (χ0v) is 6.29. The van der Waals surface area contributed by atoms with Crippen molar-refractivity contribution in [2.75, 3.05) is 0 Å². The Morgan fingerprint density at radius 1 is 1.30 bits per heavy atom. The topological polar surface area (TPSA) is 58.2 Å². The highest BCUT2D eigenvalue weighted by molar-refractivity contribution is 6.59. The zero-order valence-electron chi connectivity index (χ0n) is 4.78. The van der Waals surface area contributed by atoms with Crippen LogP contribution in [-0.2, 0) is 9.59 Å². The van der Waals surface area contributed by atoms with Gasteiger partial charge in [0.2, 0.25) is 10.2 Å². The van der Waals surface area contributed by atoms with Crippen LogP contribution in [0.25, 0.3) is 0 Å². The summed E-state index contributed by atoms with van der Waals surface area (Å²) in [5.41, 5.74) is 4.10. The molecule has 6 heteroatoms. The lowest BCUT2D eigenvalue weighted by molar-refractivity contribution is -0.134. The summed E-state index contributed by atoms with van der Waals surface area (Å²) >= 11 is 10.8. The molecule has 0 radical (unpaired) electrons. The second kappa shape index (κ2) is 2.29. The van der Waals surface area contributed by atoms with Gasteiger partial charge in [-0.15, -0.1) is 0 Å². The molecule has 0 aromatic heterocycles. The van der Waals surface area contributed by atoms with Crippen molar-refractivity contribution in [2.45, 2.75) is 10.8 Å². The number of halogens is 2. The van der Waals surface area contributed by atoms with Crippen LogP contribution < -0.4 is 10.9 Å². The normalized spacial score (nSPS) is 23.4. The maximum Gasteiger partial charge on any atom is 0.275 e. The summed E-state index contributed by atoms with van der Waals surface area (Å²) in [6, 6.07) is 0. The summed E-state index contributed by atoms with van der Waals surface area (Å²) < 4.78 is -1.61. The van der Waals surface area contributed by atoms with Crippen molar-refractivity contribution in [2.24, 2.45) is 0 Å². The Bertz CT molecular complexity index is 192. The van der Waals surface area contributed by atoms with Gasteiger partial charge in [-0.25, -0.2) is 0 Å². The Hall–Kier alpha value is -0.480. The minimum absolute atomic E-state index is 0.206. The maximum absolute atomic E-state index is 10.7. The van der Waals surface area contributed by atoms with Crippen LogP contribution in [0.2, 0.25) is 0 Å². The van der Waals surface area contributed by atoms with Crippen LogP contribution in [0.5, 0.6) is 0 Å². The Morgan fingerprint density at radius 3 is 2.30 bits per heavy atom. The van der Waals surface area contributed by atoms with Crippen LogP contribution in [0.3, 0.4) is 0 Å². The summed E-state index contributed by atoms with van der Waals surface area (Å²) in [4.78, 5) is 21.2. The third-order valence-electron chi connectivity index (χ3n) is 1.03. The molecule has 1 aliphatic rings. The van der Waals surface area contributed by atoms with E-state index in [0.29, 0.717) is 0 Å². The molecule has 0 aliphatic carbocycles. The Kier molecular flexibility index (Phi) is 1.74. The van der Waals surface area contributed by atoms with Gasteiger partial charge in [-0.1, -0.05) is 23.2 Å². The molecule has 0 spiro atoms. The Balaban J connectivity index is 2.73. The molecule has 0 unspecified atom stereocenters. The Labute approximate surface area is 66.8 Å². The van der Waals surface area contributed by atoms with Crippen LogP contribution in [0.4, 0.5) is 0 Å². The summed E-state index contributed by atoms with van der Waals surface area (Å²) in [5.74, 6) is -1.000. The van der Waals surface area contributed by atoms with Crippen LogP contribution >= 0.6 is 23.2 Å². The van der Waals surface area contributed by atoms with Gasteiger partial charge >= 0.3 is 0 Å². The zero-order chi connectivity index (χ0) is 7.78. The number of amides is 2. The fourth-order valence-corrected chi connectivity index (χ4v) is 0.881. The number of carbonyl (C=O) groups is 2. The van der Waals surface area contributed by atoms with E-state index in [0.717, 1.165) is 0 Å². The molecule has 4 nitrogen and oxygen atoms in total. The van der Waals surface area contributed by atoms with Crippen molar-refractivity contribution in [1.29, 1.82) is 0 Å². The van der Waals surface area contributed by atoms with E-state index in [1.165, 1.54) is 0 Å². The van der Waals surface area contributed by atoms with E-state index in [9.17, 15) is 9.59 Å². The van der Waals surface area contributed by atoms with Crippen molar-refractivity contribution in [3.05, 3.63) is 0 Å². The molecule has 1 fully saturated rings. The van der Waals surface area contributed by atoms with Gasteiger partial charge in [0.15, 0.2) is 0 Å². The fraction of sp³-hybridized carbons (Fsp3) is 0.500. The molecule has 0 saturated carbocycles. The lowest BCUT2D eigenvalue weighted by atomic mass is 10.2. The van der Waals surface area contributed by atoms with E-state index in [1.807, 2.05) is 5.43 Å². The molecule has 0 aromatic rings. The molecule has 56 valence electrons. The first-order valence-corrected chi connectivity index (χ1v) is 3.25. The van der Waals surface area contributed by atoms with E-state index >= 15 is 0 Å². The Morgan fingerprint density at radius 2 is 1.90 bits per heavy atom. The summed E-state index contributed by atoms with van der Waals surface area (Å²) in [6.45, 7) is 0. The van der Waals surface area contributed by atoms with E-state index in [2.05, 4.69) is 5.43 Å². The number of hydrogen-bond donors (Lipinski definition) is 2. The van der Waals surface area contributed by atoms with Crippen molar-refractivity contribution < 1.29 is 9.59 Å². The van der Waals surface area contributed by atoms with Crippen LogP contribution in [-0.4, -0.2) is 16.1 Å². The van der Waals surface area contributed by atoms with Gasteiger partial charge in [-0.2, -0.15) is 0 Å². The van der Waals surface area contributed by atoms with Crippen LogP contribution in [0.15, 0.2) is 0 Å². The van der Waals surface area contributed by atoms with E-state index in [-0.39, 0.29) is 6.42 Å². The lowest BCUT2D eigenvalue weighted by Crippen LogP contribution is -2.55. The first kappa shape index (κ1) is 7.63. The number of carbonyl (C=O) groups excluding carboxylic acids is 2. The minimum atomic E-state index is -1.61. The molecule has 0 bridgehead atoms. The summed E-state index contributed by atoms with van der Waals surface area (Å²) in [7, 11) is 0. The van der Waals surface area contributed by atoms with Crippen molar-refractivity contribution in [3.63, 3.8) is 0 Å². The third-order valence-corrected chi connectivity index (χ3v) is 1.64. The quantitative estimate of drug-likeness (QED) is 0.507. The van der Waals surface area contributed by atoms with Gasteiger partial charge < -0.3 is 0 Å². The van der Waals surface area contributed by atoms with Crippen LogP contribution in [0, 0.1) is 0 Å². The van der Waals surface area contributed by atoms with Gasteiger partial charge in [0.05, 0.1) is 6.42 Å². The number of rotatable bonds is 0. The molecule has 2 amide bonds. The molecule has 1 heterocycles. The minimum Gasteiger partial charge on any atom is -0.273 e. The average molecular weight is 183 g/mol. The smallest absolute Gasteiger partial charge is 0.273 e. The van der Waals surface area contributed by atoms with Gasteiger partial charge in [-0.3, -0.25) is 20.4 Å². The summed E-state index contributed by atoms with van der Waals surface area (Å²) in [5, 5.41) is 0. The standard InChI is InChI=1S/C4H4Cl2N2O2/c5-4(6)1-2(9)7-8-3(4)10/h1H2,(H,7,9)(H,8,10). The second-order valence-corrected chi connectivity index (χ2v) is 3.37. The predicted octanol–water partition coefficient (Wildman–Crippen LogP) is -0.289. The molecule has 0 aromatic carbocycles. The van der Waals surface area contributed by atoms with Gasteiger partial charge in [0, 0.05) is 0 Å². The first-order valence-electron chi connectivity index (χ1n) is 2.49. The van der Waals surface area contributed by atoms with Gasteiger partial charge in [0.1, 0.15) is 0 Å². The van der Waals surface area contributed by atoms with Crippen LogP contribution in [0.1, 0.15) is 6.42 Å². The van der Waals surface area contributed by atoms with E-state index in [4.69, 9.17) is 23.2 Å². The summed E-state index contributed by atoms with van der Waals surface area (Å²) in [6.07, 6.45) is -0.206. The number of nitrogens with one attached hydrogen (secondary N) is 2. The van der Waals surface area contributed by atoms with E-state index < -0.39 is 16.1 Å². The van der Waals surface area contributed by atoms with Crippen molar-refractivity contribution in [1.82, 2.24) is 10.9 Å². The predicted molar refractivity (Wildman–Crippen MR) is 35.3 cm³/mol. The monoisotopic (exact) mass is 182 g/mol. The fourth-order valence-electron chi connectivity index (χ4n) is 0.544. The number of alkyl halides is 2. The van der Waals surface area contributed by atoms with Crippen molar-refractivity contribution in [3.8, 4) is 0 Å². The molecule has 1 rings (SSSR count). The molecule has 10 heavy (non-hydrogen) atoms. The van der Waals surface area contributed by atoms with Crippen molar-refractivity contribution >= 4 is 35.0 Å². The highest BCUT2D eigenvalue weighted by Crippen LogP contribution is 2.26. The lowest BCUT2D eigenvalue weighted by Gasteiger charge is -2.23. The highest BCUT2D eigenvalue weighted by Gasteiger charge is 2.39. The molecule has 1 saturated heterocycles. The van der Waals surface area contributed by atoms with Gasteiger partial charge in [-0.05, 0) is 0 Å². The molecule has 1 aliphatic heterocycles. The maximum atomic E-state index is 10.7. The molecular weight excluding hydrogens is 179 g/mol. The average Bonchev–Trinajstić information content (AvgIpc) is 1.78. The largest absolute Gasteiger partial charge is 0.275 e. The molecular formula is C4H4Cl2N2O2. The first-order chi connectivity index (χ1) is 4.52. The highest BCUT2D eigenvalue weighted by atomic mass is 35.5. The molecule has 2 N–H and O–H groups in total. The number of hydrogen-bond acceptors (Lipinski definition) is 2. The van der Waals surface area contributed by atoms with Gasteiger partial charge in [0.25, 0.3) is 5.91 Å². The van der Waals surface area contributed by atoms with E-state index in [1.54, 1.807) is 0 Å².